The molecular formula is C21H30N2O4S. The Morgan fingerprint density at radius 2 is 1.79 bits per heavy atom. The van der Waals surface area contributed by atoms with Crippen LogP contribution in [0.5, 0.6) is 0 Å². The zero-order valence-electron chi connectivity index (χ0n) is 16.3. The van der Waals surface area contributed by atoms with E-state index in [9.17, 15) is 18.3 Å². The van der Waals surface area contributed by atoms with Crippen LogP contribution in [0.2, 0.25) is 0 Å². The molecule has 154 valence electrons. The number of hydrogen-bond donors (Lipinski definition) is 1. The van der Waals surface area contributed by atoms with Gasteiger partial charge in [0, 0.05) is 32.1 Å². The van der Waals surface area contributed by atoms with E-state index in [1.807, 2.05) is 4.90 Å². The molecule has 1 saturated carbocycles. The zero-order chi connectivity index (χ0) is 19.8. The van der Waals surface area contributed by atoms with Crippen LogP contribution in [0.4, 0.5) is 0 Å². The smallest absolute Gasteiger partial charge is 0.243 e. The molecule has 2 saturated heterocycles. The second kappa shape index (κ2) is 7.76. The van der Waals surface area contributed by atoms with Crippen LogP contribution in [0.1, 0.15) is 44.9 Å². The SMILES string of the molecule is O=C([C@@H]1CCCN(S(=O)(=O)c2ccccc2)C1)N1CC[C@]2(O)CCCC[C@H]2C1. The molecule has 1 amide bonds. The van der Waals surface area contributed by atoms with Gasteiger partial charge in [0.1, 0.15) is 0 Å². The molecule has 1 aliphatic carbocycles. The summed E-state index contributed by atoms with van der Waals surface area (Å²) in [6.45, 7) is 1.90. The predicted molar refractivity (Wildman–Crippen MR) is 106 cm³/mol. The topological polar surface area (TPSA) is 77.9 Å². The standard InChI is InChI=1S/C21H30N2O4S/c24-20(22-14-12-21(25)11-5-4-8-18(21)16-22)17-7-6-13-23(15-17)28(26,27)19-9-2-1-3-10-19/h1-3,9-10,17-18,25H,4-8,11-16H2/t17-,18+,21-/m1/s1. The number of rotatable bonds is 3. The number of benzene rings is 1. The van der Waals surface area contributed by atoms with E-state index in [0.29, 0.717) is 32.5 Å². The van der Waals surface area contributed by atoms with Gasteiger partial charge < -0.3 is 10.0 Å². The summed E-state index contributed by atoms with van der Waals surface area (Å²) in [5, 5.41) is 10.9. The van der Waals surface area contributed by atoms with Gasteiger partial charge in [-0.15, -0.1) is 0 Å². The van der Waals surface area contributed by atoms with Crippen molar-refractivity contribution < 1.29 is 18.3 Å². The van der Waals surface area contributed by atoms with Crippen LogP contribution in [-0.4, -0.2) is 60.4 Å². The second-order valence-electron chi connectivity index (χ2n) is 8.60. The summed E-state index contributed by atoms with van der Waals surface area (Å²) in [5.74, 6) is -0.0747. The molecule has 1 aromatic carbocycles. The van der Waals surface area contributed by atoms with Gasteiger partial charge in [0.05, 0.1) is 16.4 Å². The maximum atomic E-state index is 13.2. The van der Waals surface area contributed by atoms with Crippen molar-refractivity contribution in [2.75, 3.05) is 26.2 Å². The van der Waals surface area contributed by atoms with E-state index in [-0.39, 0.29) is 29.2 Å². The Balaban J connectivity index is 1.44. The highest BCUT2D eigenvalue weighted by molar-refractivity contribution is 7.89. The maximum absolute atomic E-state index is 13.2. The lowest BCUT2D eigenvalue weighted by Gasteiger charge is -2.48. The molecule has 3 atom stereocenters. The molecule has 0 radical (unpaired) electrons. The number of hydrogen-bond acceptors (Lipinski definition) is 4. The summed E-state index contributed by atoms with van der Waals surface area (Å²) >= 11 is 0. The van der Waals surface area contributed by atoms with Crippen LogP contribution in [0.25, 0.3) is 0 Å². The molecule has 0 aromatic heterocycles. The quantitative estimate of drug-likeness (QED) is 0.835. The van der Waals surface area contributed by atoms with Crippen LogP contribution in [0.15, 0.2) is 35.2 Å². The van der Waals surface area contributed by atoms with Crippen LogP contribution < -0.4 is 0 Å². The van der Waals surface area contributed by atoms with Gasteiger partial charge in [-0.3, -0.25) is 4.79 Å². The van der Waals surface area contributed by atoms with E-state index in [1.54, 1.807) is 30.3 Å². The summed E-state index contributed by atoms with van der Waals surface area (Å²) in [7, 11) is -3.57. The summed E-state index contributed by atoms with van der Waals surface area (Å²) in [6, 6.07) is 8.45. The molecule has 6 nitrogen and oxygen atoms in total. The monoisotopic (exact) mass is 406 g/mol. The lowest BCUT2D eigenvalue weighted by Crippen LogP contribution is -2.56. The third-order valence-corrected chi connectivity index (χ3v) is 8.73. The van der Waals surface area contributed by atoms with Crippen LogP contribution in [-0.2, 0) is 14.8 Å². The lowest BCUT2D eigenvalue weighted by molar-refractivity contribution is -0.148. The number of carbonyl (C=O) groups is 1. The number of sulfonamides is 1. The summed E-state index contributed by atoms with van der Waals surface area (Å²) in [6.07, 6.45) is 6.06. The minimum Gasteiger partial charge on any atom is -0.389 e. The second-order valence-corrected chi connectivity index (χ2v) is 10.5. The van der Waals surface area contributed by atoms with Crippen molar-refractivity contribution in [3.63, 3.8) is 0 Å². The van der Waals surface area contributed by atoms with Gasteiger partial charge in [-0.25, -0.2) is 8.42 Å². The first-order valence-corrected chi connectivity index (χ1v) is 11.9. The Hall–Kier alpha value is -1.44. The number of nitrogens with zero attached hydrogens (tertiary/aromatic N) is 2. The number of carbonyl (C=O) groups excluding carboxylic acids is 1. The normalized spacial score (nSPS) is 32.0. The van der Waals surface area contributed by atoms with E-state index in [0.717, 1.165) is 32.1 Å². The van der Waals surface area contributed by atoms with E-state index in [1.165, 1.54) is 4.31 Å². The molecule has 7 heteroatoms. The van der Waals surface area contributed by atoms with E-state index >= 15 is 0 Å². The number of aliphatic hydroxyl groups is 1. The fourth-order valence-electron chi connectivity index (χ4n) is 5.13. The fraction of sp³-hybridized carbons (Fsp3) is 0.667. The Morgan fingerprint density at radius 3 is 2.57 bits per heavy atom. The highest BCUT2D eigenvalue weighted by atomic mass is 32.2. The van der Waals surface area contributed by atoms with Crippen molar-refractivity contribution in [3.8, 4) is 0 Å². The molecule has 2 aliphatic heterocycles. The molecule has 2 heterocycles. The number of likely N-dealkylation sites (tertiary alicyclic amines) is 1. The highest BCUT2D eigenvalue weighted by Gasteiger charge is 2.45. The van der Waals surface area contributed by atoms with Gasteiger partial charge in [-0.05, 0) is 44.2 Å². The van der Waals surface area contributed by atoms with Gasteiger partial charge in [0.2, 0.25) is 15.9 Å². The first-order valence-electron chi connectivity index (χ1n) is 10.5. The predicted octanol–water partition coefficient (Wildman–Crippen LogP) is 2.24. The minimum atomic E-state index is -3.57. The molecule has 0 spiro atoms. The lowest BCUT2D eigenvalue weighted by atomic mass is 9.71. The number of fused-ring (bicyclic) bond motifs is 1. The van der Waals surface area contributed by atoms with E-state index in [2.05, 4.69) is 0 Å². The van der Waals surface area contributed by atoms with E-state index < -0.39 is 15.6 Å². The number of piperidine rings is 2. The van der Waals surface area contributed by atoms with Crippen molar-refractivity contribution in [3.05, 3.63) is 30.3 Å². The first kappa shape index (κ1) is 19.9. The van der Waals surface area contributed by atoms with Gasteiger partial charge in [-0.1, -0.05) is 31.0 Å². The Bertz CT molecular complexity index is 813. The Labute approximate surface area is 167 Å². The molecule has 1 aromatic rings. The molecule has 0 bridgehead atoms. The molecule has 0 unspecified atom stereocenters. The van der Waals surface area contributed by atoms with Gasteiger partial charge >= 0.3 is 0 Å². The minimum absolute atomic E-state index is 0.0561. The van der Waals surface area contributed by atoms with Gasteiger partial charge in [-0.2, -0.15) is 4.31 Å². The summed E-state index contributed by atoms with van der Waals surface area (Å²) in [5.41, 5.74) is -0.607. The summed E-state index contributed by atoms with van der Waals surface area (Å²) < 4.78 is 27.3. The average molecular weight is 407 g/mol. The van der Waals surface area contributed by atoms with Crippen molar-refractivity contribution in [2.45, 2.75) is 55.4 Å². The van der Waals surface area contributed by atoms with Gasteiger partial charge in [0.15, 0.2) is 0 Å². The van der Waals surface area contributed by atoms with Crippen molar-refractivity contribution in [1.82, 2.24) is 9.21 Å². The van der Waals surface area contributed by atoms with Crippen LogP contribution in [0, 0.1) is 11.8 Å². The van der Waals surface area contributed by atoms with Crippen molar-refractivity contribution >= 4 is 15.9 Å². The number of amides is 1. The Kier molecular flexibility index (Phi) is 5.51. The molecule has 28 heavy (non-hydrogen) atoms. The molecule has 3 fully saturated rings. The maximum Gasteiger partial charge on any atom is 0.243 e. The third kappa shape index (κ3) is 3.72. The molecule has 1 N–H and O–H groups in total. The zero-order valence-corrected chi connectivity index (χ0v) is 17.1. The third-order valence-electron chi connectivity index (χ3n) is 6.85. The molecular weight excluding hydrogens is 376 g/mol. The van der Waals surface area contributed by atoms with E-state index in [4.69, 9.17) is 0 Å². The highest BCUT2D eigenvalue weighted by Crippen LogP contribution is 2.40. The largest absolute Gasteiger partial charge is 0.389 e. The first-order chi connectivity index (χ1) is 13.4. The van der Waals surface area contributed by atoms with Gasteiger partial charge in [0.25, 0.3) is 0 Å². The van der Waals surface area contributed by atoms with Crippen LogP contribution >= 0.6 is 0 Å². The van der Waals surface area contributed by atoms with Crippen LogP contribution in [0.3, 0.4) is 0 Å². The fourth-order valence-corrected chi connectivity index (χ4v) is 6.68. The summed E-state index contributed by atoms with van der Waals surface area (Å²) in [4.78, 5) is 15.3. The Morgan fingerprint density at radius 1 is 1.00 bits per heavy atom. The van der Waals surface area contributed by atoms with Crippen molar-refractivity contribution in [1.29, 1.82) is 0 Å². The molecule has 3 aliphatic rings. The van der Waals surface area contributed by atoms with Crippen molar-refractivity contribution in [2.24, 2.45) is 11.8 Å². The average Bonchev–Trinajstić information content (AvgIpc) is 2.73. The molecule has 4 rings (SSSR count).